The van der Waals surface area contributed by atoms with Crippen LogP contribution in [0.2, 0.25) is 0 Å². The summed E-state index contributed by atoms with van der Waals surface area (Å²) in [6, 6.07) is 8.86. The fourth-order valence-corrected chi connectivity index (χ4v) is 2.08. The van der Waals surface area contributed by atoms with Gasteiger partial charge in [0.05, 0.1) is 7.11 Å². The van der Waals surface area contributed by atoms with E-state index in [9.17, 15) is 0 Å². The van der Waals surface area contributed by atoms with Crippen molar-refractivity contribution in [2.75, 3.05) is 13.7 Å². The third kappa shape index (κ3) is 3.34. The average Bonchev–Trinajstić information content (AvgIpc) is 3.14. The van der Waals surface area contributed by atoms with Crippen LogP contribution in [0.25, 0.3) is 0 Å². The summed E-state index contributed by atoms with van der Waals surface area (Å²) in [6.45, 7) is 6.90. The SMILES string of the molecule is C=C(C)CNC(c1ccc(OC)cc1)C1CC1. The fourth-order valence-electron chi connectivity index (χ4n) is 2.08. The summed E-state index contributed by atoms with van der Waals surface area (Å²) in [5.74, 6) is 1.71. The quantitative estimate of drug-likeness (QED) is 0.758. The molecule has 0 spiro atoms. The molecule has 1 saturated carbocycles. The van der Waals surface area contributed by atoms with E-state index in [0.29, 0.717) is 6.04 Å². The molecule has 1 aromatic rings. The van der Waals surface area contributed by atoms with Crippen molar-refractivity contribution in [3.63, 3.8) is 0 Å². The molecule has 0 aliphatic heterocycles. The van der Waals surface area contributed by atoms with E-state index in [1.165, 1.54) is 24.0 Å². The summed E-state index contributed by atoms with van der Waals surface area (Å²) >= 11 is 0. The largest absolute Gasteiger partial charge is 0.497 e. The van der Waals surface area contributed by atoms with Crippen LogP contribution in [0.15, 0.2) is 36.4 Å². The Kier molecular flexibility index (Phi) is 3.85. The van der Waals surface area contributed by atoms with Crippen LogP contribution in [0.1, 0.15) is 31.4 Å². The summed E-state index contributed by atoms with van der Waals surface area (Å²) in [7, 11) is 1.70. The lowest BCUT2D eigenvalue weighted by atomic mass is 10.0. The Balaban J connectivity index is 2.05. The van der Waals surface area contributed by atoms with Gasteiger partial charge in [0.2, 0.25) is 0 Å². The molecule has 0 saturated heterocycles. The van der Waals surface area contributed by atoms with Gasteiger partial charge in [-0.25, -0.2) is 0 Å². The predicted octanol–water partition coefficient (Wildman–Crippen LogP) is 3.31. The van der Waals surface area contributed by atoms with Gasteiger partial charge in [0.25, 0.3) is 0 Å². The molecule has 92 valence electrons. The lowest BCUT2D eigenvalue weighted by molar-refractivity contribution is 0.414. The number of rotatable bonds is 6. The summed E-state index contributed by atoms with van der Waals surface area (Å²) < 4.78 is 5.19. The summed E-state index contributed by atoms with van der Waals surface area (Å²) in [5.41, 5.74) is 2.54. The van der Waals surface area contributed by atoms with E-state index in [1.807, 2.05) is 12.1 Å². The van der Waals surface area contributed by atoms with Crippen molar-refractivity contribution in [2.45, 2.75) is 25.8 Å². The van der Waals surface area contributed by atoms with Crippen LogP contribution >= 0.6 is 0 Å². The Bertz CT molecular complexity index is 378. The first kappa shape index (κ1) is 12.2. The van der Waals surface area contributed by atoms with Crippen LogP contribution in [0.4, 0.5) is 0 Å². The number of methoxy groups -OCH3 is 1. The molecule has 1 aromatic carbocycles. The molecule has 1 atom stereocenters. The van der Waals surface area contributed by atoms with Crippen molar-refractivity contribution in [1.82, 2.24) is 5.32 Å². The highest BCUT2D eigenvalue weighted by molar-refractivity contribution is 5.30. The maximum atomic E-state index is 5.19. The zero-order chi connectivity index (χ0) is 12.3. The number of nitrogens with one attached hydrogen (secondary N) is 1. The minimum Gasteiger partial charge on any atom is -0.497 e. The van der Waals surface area contributed by atoms with Crippen molar-refractivity contribution in [3.05, 3.63) is 42.0 Å². The van der Waals surface area contributed by atoms with E-state index in [0.717, 1.165) is 18.2 Å². The van der Waals surface area contributed by atoms with Crippen molar-refractivity contribution in [3.8, 4) is 5.75 Å². The van der Waals surface area contributed by atoms with E-state index in [1.54, 1.807) is 7.11 Å². The number of hydrogen-bond donors (Lipinski definition) is 1. The summed E-state index contributed by atoms with van der Waals surface area (Å²) in [6.07, 6.45) is 2.67. The molecule has 2 heteroatoms. The van der Waals surface area contributed by atoms with E-state index < -0.39 is 0 Å². The first-order valence-corrected chi connectivity index (χ1v) is 6.22. The number of hydrogen-bond acceptors (Lipinski definition) is 2. The Morgan fingerprint density at radius 2 is 2.06 bits per heavy atom. The van der Waals surface area contributed by atoms with Crippen LogP contribution in [-0.2, 0) is 0 Å². The first-order valence-electron chi connectivity index (χ1n) is 6.22. The molecule has 1 aliphatic carbocycles. The van der Waals surface area contributed by atoms with Crippen LogP contribution in [0.3, 0.4) is 0 Å². The third-order valence-electron chi connectivity index (χ3n) is 3.19. The molecule has 0 amide bonds. The first-order chi connectivity index (χ1) is 8.20. The molecule has 0 heterocycles. The molecule has 0 radical (unpaired) electrons. The molecule has 2 nitrogen and oxygen atoms in total. The summed E-state index contributed by atoms with van der Waals surface area (Å²) in [5, 5.41) is 3.59. The van der Waals surface area contributed by atoms with Crippen LogP contribution in [0, 0.1) is 5.92 Å². The molecule has 2 rings (SSSR count). The Labute approximate surface area is 104 Å². The van der Waals surface area contributed by atoms with E-state index in [-0.39, 0.29) is 0 Å². The standard InChI is InChI=1S/C15H21NO/c1-11(2)10-16-15(12-4-5-12)13-6-8-14(17-3)9-7-13/h6-9,12,15-16H,1,4-5,10H2,2-3H3. The van der Waals surface area contributed by atoms with Gasteiger partial charge in [-0.05, 0) is 43.4 Å². The number of ether oxygens (including phenoxy) is 1. The van der Waals surface area contributed by atoms with E-state index in [4.69, 9.17) is 4.74 Å². The molecular formula is C15H21NO. The van der Waals surface area contributed by atoms with Gasteiger partial charge >= 0.3 is 0 Å². The fraction of sp³-hybridized carbons (Fsp3) is 0.467. The van der Waals surface area contributed by atoms with Gasteiger partial charge in [-0.3, -0.25) is 0 Å². The Morgan fingerprint density at radius 3 is 2.53 bits per heavy atom. The maximum Gasteiger partial charge on any atom is 0.118 e. The Hall–Kier alpha value is -1.28. The van der Waals surface area contributed by atoms with Gasteiger partial charge in [0.15, 0.2) is 0 Å². The van der Waals surface area contributed by atoms with Crippen LogP contribution in [-0.4, -0.2) is 13.7 Å². The van der Waals surface area contributed by atoms with Gasteiger partial charge in [0, 0.05) is 12.6 Å². The van der Waals surface area contributed by atoms with Crippen molar-refractivity contribution >= 4 is 0 Å². The van der Waals surface area contributed by atoms with Crippen molar-refractivity contribution in [1.29, 1.82) is 0 Å². The van der Waals surface area contributed by atoms with Gasteiger partial charge in [-0.15, -0.1) is 0 Å². The molecule has 0 aromatic heterocycles. The molecule has 0 bridgehead atoms. The topological polar surface area (TPSA) is 21.3 Å². The van der Waals surface area contributed by atoms with Crippen molar-refractivity contribution < 1.29 is 4.74 Å². The lowest BCUT2D eigenvalue weighted by Gasteiger charge is -2.19. The maximum absolute atomic E-state index is 5.19. The third-order valence-corrected chi connectivity index (χ3v) is 3.19. The minimum absolute atomic E-state index is 0.470. The van der Waals surface area contributed by atoms with E-state index >= 15 is 0 Å². The highest BCUT2D eigenvalue weighted by Crippen LogP contribution is 2.41. The molecular weight excluding hydrogens is 210 g/mol. The smallest absolute Gasteiger partial charge is 0.118 e. The zero-order valence-corrected chi connectivity index (χ0v) is 10.7. The van der Waals surface area contributed by atoms with Crippen LogP contribution in [0.5, 0.6) is 5.75 Å². The second kappa shape index (κ2) is 5.37. The van der Waals surface area contributed by atoms with Crippen molar-refractivity contribution in [2.24, 2.45) is 5.92 Å². The van der Waals surface area contributed by atoms with Gasteiger partial charge in [-0.1, -0.05) is 24.3 Å². The van der Waals surface area contributed by atoms with Gasteiger partial charge in [-0.2, -0.15) is 0 Å². The normalized spacial score (nSPS) is 16.6. The van der Waals surface area contributed by atoms with Crippen LogP contribution < -0.4 is 10.1 Å². The Morgan fingerprint density at radius 1 is 1.41 bits per heavy atom. The lowest BCUT2D eigenvalue weighted by Crippen LogP contribution is -2.24. The zero-order valence-electron chi connectivity index (χ0n) is 10.7. The molecule has 1 N–H and O–H groups in total. The highest BCUT2D eigenvalue weighted by Gasteiger charge is 2.31. The average molecular weight is 231 g/mol. The molecule has 17 heavy (non-hydrogen) atoms. The monoisotopic (exact) mass is 231 g/mol. The second-order valence-corrected chi connectivity index (χ2v) is 4.93. The number of benzene rings is 1. The second-order valence-electron chi connectivity index (χ2n) is 4.93. The highest BCUT2D eigenvalue weighted by atomic mass is 16.5. The van der Waals surface area contributed by atoms with E-state index in [2.05, 4.69) is 31.0 Å². The predicted molar refractivity (Wildman–Crippen MR) is 71.3 cm³/mol. The molecule has 1 unspecified atom stereocenters. The molecule has 1 fully saturated rings. The van der Waals surface area contributed by atoms with Gasteiger partial charge in [0.1, 0.15) is 5.75 Å². The minimum atomic E-state index is 0.470. The van der Waals surface area contributed by atoms with Gasteiger partial charge < -0.3 is 10.1 Å². The summed E-state index contributed by atoms with van der Waals surface area (Å²) in [4.78, 5) is 0. The molecule has 1 aliphatic rings.